The highest BCUT2D eigenvalue weighted by atomic mass is 16.5. The van der Waals surface area contributed by atoms with Crippen LogP contribution >= 0.6 is 0 Å². The lowest BCUT2D eigenvalue weighted by molar-refractivity contribution is -0.119. The van der Waals surface area contributed by atoms with Crippen molar-refractivity contribution in [3.63, 3.8) is 0 Å². The lowest BCUT2D eigenvalue weighted by atomic mass is 10.1. The first-order valence-electron chi connectivity index (χ1n) is 8.08. The van der Waals surface area contributed by atoms with Crippen molar-refractivity contribution in [3.05, 3.63) is 48.4 Å². The molecule has 0 radical (unpaired) electrons. The van der Waals surface area contributed by atoms with Crippen LogP contribution in [0.5, 0.6) is 0 Å². The lowest BCUT2D eigenvalue weighted by Gasteiger charge is -2.28. The molecule has 2 heterocycles. The Morgan fingerprint density at radius 1 is 1.08 bits per heavy atom. The summed E-state index contributed by atoms with van der Waals surface area (Å²) in [6.07, 6.45) is 5.11. The van der Waals surface area contributed by atoms with Crippen LogP contribution in [0.3, 0.4) is 0 Å². The maximum atomic E-state index is 11.8. The van der Waals surface area contributed by atoms with Gasteiger partial charge in [-0.1, -0.05) is 0 Å². The number of anilines is 2. The van der Waals surface area contributed by atoms with Crippen molar-refractivity contribution in [1.29, 1.82) is 0 Å². The fourth-order valence-electron chi connectivity index (χ4n) is 2.70. The fraction of sp³-hybridized carbons (Fsp3) is 0.333. The number of esters is 1. The number of rotatable bonds is 5. The highest BCUT2D eigenvalue weighted by Gasteiger charge is 2.13. The summed E-state index contributed by atoms with van der Waals surface area (Å²) in [5.41, 5.74) is 1.84. The monoisotopic (exact) mass is 328 g/mol. The molecule has 0 aliphatic carbocycles. The summed E-state index contributed by atoms with van der Waals surface area (Å²) in [6, 6.07) is 10.8. The molecule has 0 saturated carbocycles. The molecule has 126 valence electrons. The molecule has 0 atom stereocenters. The maximum Gasteiger partial charge on any atom is 0.374 e. The Kier molecular flexibility index (Phi) is 5.15. The predicted molar refractivity (Wildman–Crippen MR) is 90.1 cm³/mol. The highest BCUT2D eigenvalue weighted by molar-refractivity contribution is 5.94. The van der Waals surface area contributed by atoms with Crippen LogP contribution in [0.2, 0.25) is 0 Å². The summed E-state index contributed by atoms with van der Waals surface area (Å²) < 4.78 is 9.79. The van der Waals surface area contributed by atoms with E-state index in [1.54, 1.807) is 6.07 Å². The number of piperidine rings is 1. The SMILES string of the molecule is O=C(COC(=O)c1ccco1)Nc1ccc(N2CCCCC2)cc1. The Labute approximate surface area is 140 Å². The topological polar surface area (TPSA) is 71.8 Å². The van der Waals surface area contributed by atoms with Gasteiger partial charge in [-0.15, -0.1) is 0 Å². The number of furan rings is 1. The van der Waals surface area contributed by atoms with Crippen molar-refractivity contribution >= 4 is 23.3 Å². The minimum Gasteiger partial charge on any atom is -0.457 e. The van der Waals surface area contributed by atoms with Crippen molar-refractivity contribution in [2.75, 3.05) is 29.9 Å². The number of hydrogen-bond donors (Lipinski definition) is 1. The minimum atomic E-state index is -0.657. The highest BCUT2D eigenvalue weighted by Crippen LogP contribution is 2.21. The summed E-state index contributed by atoms with van der Waals surface area (Å²) in [7, 11) is 0. The smallest absolute Gasteiger partial charge is 0.374 e. The molecule has 0 spiro atoms. The Bertz CT molecular complexity index is 674. The van der Waals surface area contributed by atoms with E-state index in [4.69, 9.17) is 9.15 Å². The second-order valence-corrected chi connectivity index (χ2v) is 5.70. The normalized spacial score (nSPS) is 14.2. The molecule has 1 aliphatic heterocycles. The van der Waals surface area contributed by atoms with Crippen molar-refractivity contribution in [2.24, 2.45) is 0 Å². The van der Waals surface area contributed by atoms with Crippen molar-refractivity contribution < 1.29 is 18.7 Å². The van der Waals surface area contributed by atoms with Crippen LogP contribution in [0.25, 0.3) is 0 Å². The number of carbonyl (C=O) groups is 2. The molecule has 0 bridgehead atoms. The Balaban J connectivity index is 1.48. The molecule has 1 N–H and O–H groups in total. The van der Waals surface area contributed by atoms with Crippen molar-refractivity contribution in [3.8, 4) is 0 Å². The first-order valence-corrected chi connectivity index (χ1v) is 8.08. The van der Waals surface area contributed by atoms with Crippen LogP contribution in [0.15, 0.2) is 47.1 Å². The van der Waals surface area contributed by atoms with Crippen LogP contribution < -0.4 is 10.2 Å². The van der Waals surface area contributed by atoms with Gasteiger partial charge in [0, 0.05) is 24.5 Å². The van der Waals surface area contributed by atoms with Gasteiger partial charge in [-0.25, -0.2) is 4.79 Å². The molecule has 1 saturated heterocycles. The van der Waals surface area contributed by atoms with E-state index < -0.39 is 5.97 Å². The molecular formula is C18H20N2O4. The van der Waals surface area contributed by atoms with E-state index in [2.05, 4.69) is 10.2 Å². The molecule has 1 amide bonds. The summed E-state index contributed by atoms with van der Waals surface area (Å²) in [4.78, 5) is 25.8. The minimum absolute atomic E-state index is 0.0775. The van der Waals surface area contributed by atoms with Crippen LogP contribution in [0, 0.1) is 0 Å². The largest absolute Gasteiger partial charge is 0.457 e. The molecule has 6 nitrogen and oxygen atoms in total. The van der Waals surface area contributed by atoms with Gasteiger partial charge in [-0.05, 0) is 55.7 Å². The Hall–Kier alpha value is -2.76. The van der Waals surface area contributed by atoms with Crippen molar-refractivity contribution in [1.82, 2.24) is 0 Å². The van der Waals surface area contributed by atoms with Gasteiger partial charge in [0.05, 0.1) is 6.26 Å². The predicted octanol–water partition coefficient (Wildman–Crippen LogP) is 3.07. The summed E-state index contributed by atoms with van der Waals surface area (Å²) in [5, 5.41) is 2.71. The first-order chi connectivity index (χ1) is 11.7. The standard InChI is InChI=1S/C18H20N2O4/c21-17(13-24-18(22)16-5-4-12-23-16)19-14-6-8-15(9-7-14)20-10-2-1-3-11-20/h4-9,12H,1-3,10-11,13H2,(H,19,21). The van der Waals surface area contributed by atoms with E-state index in [-0.39, 0.29) is 18.3 Å². The second-order valence-electron chi connectivity index (χ2n) is 5.70. The van der Waals surface area contributed by atoms with Crippen LogP contribution in [-0.2, 0) is 9.53 Å². The number of nitrogens with zero attached hydrogens (tertiary/aromatic N) is 1. The fourth-order valence-corrected chi connectivity index (χ4v) is 2.70. The maximum absolute atomic E-state index is 11.8. The molecule has 6 heteroatoms. The van der Waals surface area contributed by atoms with Gasteiger partial charge in [0.15, 0.2) is 6.61 Å². The van der Waals surface area contributed by atoms with E-state index in [9.17, 15) is 9.59 Å². The summed E-state index contributed by atoms with van der Waals surface area (Å²) in [5.74, 6) is -0.968. The summed E-state index contributed by atoms with van der Waals surface area (Å²) in [6.45, 7) is 1.80. The third kappa shape index (κ3) is 4.16. The summed E-state index contributed by atoms with van der Waals surface area (Å²) >= 11 is 0. The molecule has 24 heavy (non-hydrogen) atoms. The molecule has 1 aromatic heterocycles. The van der Waals surface area contributed by atoms with Gasteiger partial charge >= 0.3 is 5.97 Å². The molecule has 1 aliphatic rings. The quantitative estimate of drug-likeness (QED) is 0.854. The molecule has 3 rings (SSSR count). The average Bonchev–Trinajstić information content (AvgIpc) is 3.16. The van der Waals surface area contributed by atoms with E-state index in [0.717, 1.165) is 18.8 Å². The van der Waals surface area contributed by atoms with E-state index in [1.807, 2.05) is 24.3 Å². The van der Waals surface area contributed by atoms with Gasteiger partial charge in [-0.3, -0.25) is 4.79 Å². The van der Waals surface area contributed by atoms with E-state index in [1.165, 1.54) is 31.6 Å². The third-order valence-corrected chi connectivity index (χ3v) is 3.93. The molecule has 1 fully saturated rings. The number of amides is 1. The lowest BCUT2D eigenvalue weighted by Crippen LogP contribution is -2.29. The first kappa shape index (κ1) is 16.1. The van der Waals surface area contributed by atoms with Gasteiger partial charge in [0.1, 0.15) is 0 Å². The number of benzene rings is 1. The zero-order chi connectivity index (χ0) is 16.8. The third-order valence-electron chi connectivity index (χ3n) is 3.93. The van der Waals surface area contributed by atoms with Crippen molar-refractivity contribution in [2.45, 2.75) is 19.3 Å². The number of nitrogens with one attached hydrogen (secondary N) is 1. The Morgan fingerprint density at radius 3 is 2.50 bits per heavy atom. The zero-order valence-corrected chi connectivity index (χ0v) is 13.4. The molecule has 1 aromatic carbocycles. The van der Waals surface area contributed by atoms with Crippen LogP contribution in [0.1, 0.15) is 29.8 Å². The molecule has 2 aromatic rings. The Morgan fingerprint density at radius 2 is 1.83 bits per heavy atom. The average molecular weight is 328 g/mol. The number of ether oxygens (including phenoxy) is 1. The number of carbonyl (C=O) groups excluding carboxylic acids is 2. The van der Waals surface area contributed by atoms with Gasteiger partial charge in [-0.2, -0.15) is 0 Å². The zero-order valence-electron chi connectivity index (χ0n) is 13.4. The van der Waals surface area contributed by atoms with E-state index in [0.29, 0.717) is 5.69 Å². The van der Waals surface area contributed by atoms with Crippen LogP contribution in [-0.4, -0.2) is 31.6 Å². The van der Waals surface area contributed by atoms with Gasteiger partial charge < -0.3 is 19.4 Å². The van der Waals surface area contributed by atoms with Crippen LogP contribution in [0.4, 0.5) is 11.4 Å². The van der Waals surface area contributed by atoms with Gasteiger partial charge in [0.2, 0.25) is 5.76 Å². The van der Waals surface area contributed by atoms with E-state index >= 15 is 0 Å². The second kappa shape index (κ2) is 7.68. The molecular weight excluding hydrogens is 308 g/mol. The molecule has 0 unspecified atom stereocenters. The van der Waals surface area contributed by atoms with Gasteiger partial charge in [0.25, 0.3) is 5.91 Å². The number of hydrogen-bond acceptors (Lipinski definition) is 5.